The lowest BCUT2D eigenvalue weighted by molar-refractivity contribution is -0.359. The summed E-state index contributed by atoms with van der Waals surface area (Å²) in [6.45, 7) is 2.78. The maximum atomic E-state index is 13.2. The first kappa shape index (κ1) is 65.3. The topological polar surface area (TPSA) is 228 Å². The molecule has 2 aliphatic heterocycles. The number of aliphatic hydroxyl groups is 8. The van der Waals surface area contributed by atoms with Crippen molar-refractivity contribution in [1.82, 2.24) is 5.32 Å². The van der Waals surface area contributed by atoms with Crippen molar-refractivity contribution in [3.05, 3.63) is 36.5 Å². The minimum Gasteiger partial charge on any atom is -0.394 e. The minimum atomic E-state index is -1.79. The quantitative estimate of drug-likeness (QED) is 0.0205. The lowest BCUT2D eigenvalue weighted by Gasteiger charge is -2.46. The molecule has 0 aromatic carbocycles. The van der Waals surface area contributed by atoms with Crippen molar-refractivity contribution in [2.75, 3.05) is 19.8 Å². The van der Waals surface area contributed by atoms with Gasteiger partial charge in [0.25, 0.3) is 0 Å². The van der Waals surface area contributed by atoms with Gasteiger partial charge in [-0.05, 0) is 44.9 Å². The van der Waals surface area contributed by atoms with Crippen LogP contribution >= 0.6 is 0 Å². The molecule has 2 rings (SSSR count). The van der Waals surface area contributed by atoms with Crippen LogP contribution in [0.15, 0.2) is 36.5 Å². The number of allylic oxidation sites excluding steroid dienone is 5. The summed E-state index contributed by atoms with van der Waals surface area (Å²) in [5.74, 6) is -0.251. The summed E-state index contributed by atoms with van der Waals surface area (Å²) < 4.78 is 22.7. The number of unbranched alkanes of at least 4 members (excludes halogenated alkanes) is 28. The van der Waals surface area contributed by atoms with E-state index in [4.69, 9.17) is 18.9 Å². The number of hydrogen-bond donors (Lipinski definition) is 9. The zero-order valence-corrected chi connectivity index (χ0v) is 44.5. The van der Waals surface area contributed by atoms with Crippen LogP contribution in [0.4, 0.5) is 0 Å². The van der Waals surface area contributed by atoms with E-state index >= 15 is 0 Å². The van der Waals surface area contributed by atoms with E-state index in [0.717, 1.165) is 44.9 Å². The number of nitrogens with one attached hydrogen (secondary N) is 1. The fourth-order valence-corrected chi connectivity index (χ4v) is 9.38. The van der Waals surface area contributed by atoms with E-state index < -0.39 is 86.8 Å². The number of aliphatic hydroxyl groups excluding tert-OH is 8. The smallest absolute Gasteiger partial charge is 0.220 e. The molecule has 12 atom stereocenters. The van der Waals surface area contributed by atoms with Gasteiger partial charge in [-0.3, -0.25) is 4.79 Å². The van der Waals surface area contributed by atoms with Gasteiger partial charge in [0.05, 0.1) is 32.0 Å². The van der Waals surface area contributed by atoms with Crippen molar-refractivity contribution >= 4 is 5.91 Å². The summed E-state index contributed by atoms with van der Waals surface area (Å²) in [6, 6.07) is -0.934. The van der Waals surface area contributed by atoms with Gasteiger partial charge in [0, 0.05) is 6.42 Å². The first-order valence-electron chi connectivity index (χ1n) is 28.7. The summed E-state index contributed by atoms with van der Waals surface area (Å²) in [4.78, 5) is 13.2. The van der Waals surface area contributed by atoms with Crippen LogP contribution in [0.5, 0.6) is 0 Å². The van der Waals surface area contributed by atoms with Crippen LogP contribution in [-0.4, -0.2) is 140 Å². The number of carbonyl (C=O) groups is 1. The van der Waals surface area contributed by atoms with Gasteiger partial charge < -0.3 is 65.1 Å². The summed E-state index contributed by atoms with van der Waals surface area (Å²) in [5.41, 5.74) is 0. The molecule has 416 valence electrons. The van der Waals surface area contributed by atoms with E-state index in [1.54, 1.807) is 6.08 Å². The molecule has 0 spiro atoms. The van der Waals surface area contributed by atoms with Crippen molar-refractivity contribution in [2.24, 2.45) is 0 Å². The highest BCUT2D eigenvalue weighted by Gasteiger charge is 2.51. The Balaban J connectivity index is 1.82. The molecule has 2 aliphatic rings. The first-order valence-corrected chi connectivity index (χ1v) is 28.7. The van der Waals surface area contributed by atoms with E-state index in [2.05, 4.69) is 43.5 Å². The number of rotatable bonds is 45. The van der Waals surface area contributed by atoms with E-state index in [1.165, 1.54) is 148 Å². The van der Waals surface area contributed by atoms with Gasteiger partial charge in [0.1, 0.15) is 48.8 Å². The molecule has 2 heterocycles. The number of amides is 1. The van der Waals surface area contributed by atoms with Crippen molar-refractivity contribution in [1.29, 1.82) is 0 Å². The predicted molar refractivity (Wildman–Crippen MR) is 281 cm³/mol. The van der Waals surface area contributed by atoms with Crippen LogP contribution < -0.4 is 5.32 Å². The van der Waals surface area contributed by atoms with Gasteiger partial charge in [-0.25, -0.2) is 0 Å². The highest BCUT2D eigenvalue weighted by Crippen LogP contribution is 2.30. The molecule has 0 saturated carbocycles. The van der Waals surface area contributed by atoms with Crippen LogP contribution in [0.3, 0.4) is 0 Å². The van der Waals surface area contributed by atoms with Crippen molar-refractivity contribution in [2.45, 2.75) is 299 Å². The highest BCUT2D eigenvalue weighted by atomic mass is 16.7. The Bertz CT molecular complexity index is 1330. The Hall–Kier alpha value is -1.79. The maximum absolute atomic E-state index is 13.2. The lowest BCUT2D eigenvalue weighted by atomic mass is 9.97. The number of carbonyl (C=O) groups excluding carboxylic acids is 1. The second kappa shape index (κ2) is 43.4. The van der Waals surface area contributed by atoms with Gasteiger partial charge in [0.15, 0.2) is 12.6 Å². The van der Waals surface area contributed by atoms with Gasteiger partial charge in [0.2, 0.25) is 5.91 Å². The fraction of sp³-hybridized carbons (Fsp3) is 0.877. The third kappa shape index (κ3) is 29.8. The number of ether oxygens (including phenoxy) is 4. The molecule has 12 unspecified atom stereocenters. The molecule has 1 amide bonds. The molecule has 14 heteroatoms. The largest absolute Gasteiger partial charge is 0.394 e. The molecule has 0 aliphatic carbocycles. The van der Waals surface area contributed by atoms with E-state index in [9.17, 15) is 45.6 Å². The van der Waals surface area contributed by atoms with Gasteiger partial charge in [-0.1, -0.05) is 211 Å². The summed E-state index contributed by atoms with van der Waals surface area (Å²) >= 11 is 0. The number of hydrogen-bond acceptors (Lipinski definition) is 13. The second-order valence-corrected chi connectivity index (χ2v) is 20.4. The molecule has 0 bridgehead atoms. The fourth-order valence-electron chi connectivity index (χ4n) is 9.38. The summed E-state index contributed by atoms with van der Waals surface area (Å²) in [6.07, 6.45) is 34.7. The van der Waals surface area contributed by atoms with Gasteiger partial charge in [-0.2, -0.15) is 0 Å². The molecular formula is C57H105NO13. The molecule has 2 saturated heterocycles. The zero-order valence-electron chi connectivity index (χ0n) is 44.5. The molecule has 0 aromatic heterocycles. The second-order valence-electron chi connectivity index (χ2n) is 20.4. The predicted octanol–water partition coefficient (Wildman–Crippen LogP) is 9.05. The van der Waals surface area contributed by atoms with Crippen molar-refractivity contribution in [3.63, 3.8) is 0 Å². The third-order valence-corrected chi connectivity index (χ3v) is 14.1. The standard InChI is InChI=1S/C57H105NO13/c1-3-5-7-9-11-13-15-17-19-21-22-23-24-25-26-28-30-32-34-36-38-40-46(61)45(58-49(62)41-39-37-35-33-31-29-27-20-18-16-14-12-10-8-6-4-2)44-68-56-54(67)52(65)55(48(43-60)70-56)71-57-53(66)51(64)50(63)47(42-59)69-57/h24-25,30,32,38,40,45-48,50-57,59-61,63-67H,3-23,26-29,31,33-37,39,41-44H2,1-2H3,(H,58,62)/b25-24+,32-30+,40-38+. The summed E-state index contributed by atoms with van der Waals surface area (Å²) in [7, 11) is 0. The molecular weight excluding hydrogens is 907 g/mol. The van der Waals surface area contributed by atoms with Crippen LogP contribution in [0, 0.1) is 0 Å². The average molecular weight is 1010 g/mol. The highest BCUT2D eigenvalue weighted by molar-refractivity contribution is 5.76. The summed E-state index contributed by atoms with van der Waals surface area (Å²) in [5, 5.41) is 87.0. The normalized spacial score (nSPS) is 26.0. The third-order valence-electron chi connectivity index (χ3n) is 14.1. The SMILES string of the molecule is CCCCCCCCCCCCC/C=C/CC/C=C/CC/C=C/C(O)C(COC1OC(CO)C(OC2OC(CO)C(O)C(O)C2O)C(O)C1O)NC(=O)CCCCCCCCCCCCCCCCCC. The van der Waals surface area contributed by atoms with Gasteiger partial charge in [-0.15, -0.1) is 0 Å². The Kier molecular flexibility index (Phi) is 40.0. The molecule has 14 nitrogen and oxygen atoms in total. The maximum Gasteiger partial charge on any atom is 0.220 e. The van der Waals surface area contributed by atoms with Gasteiger partial charge >= 0.3 is 0 Å². The Morgan fingerprint density at radius 1 is 0.493 bits per heavy atom. The monoisotopic (exact) mass is 1010 g/mol. The first-order chi connectivity index (χ1) is 34.6. The molecule has 0 aromatic rings. The lowest BCUT2D eigenvalue weighted by Crippen LogP contribution is -2.65. The Morgan fingerprint density at radius 2 is 0.901 bits per heavy atom. The van der Waals surface area contributed by atoms with E-state index in [-0.39, 0.29) is 18.9 Å². The zero-order chi connectivity index (χ0) is 51.7. The van der Waals surface area contributed by atoms with Crippen molar-refractivity contribution in [3.8, 4) is 0 Å². The van der Waals surface area contributed by atoms with Crippen LogP contribution in [0.25, 0.3) is 0 Å². The molecule has 2 fully saturated rings. The molecule has 9 N–H and O–H groups in total. The van der Waals surface area contributed by atoms with Crippen LogP contribution in [0.2, 0.25) is 0 Å². The van der Waals surface area contributed by atoms with E-state index in [1.807, 2.05) is 6.08 Å². The van der Waals surface area contributed by atoms with Crippen LogP contribution in [0.1, 0.15) is 226 Å². The van der Waals surface area contributed by atoms with Crippen LogP contribution in [-0.2, 0) is 23.7 Å². The minimum absolute atomic E-state index is 0.251. The average Bonchev–Trinajstić information content (AvgIpc) is 3.37. The Labute approximate surface area is 430 Å². The Morgan fingerprint density at radius 3 is 1.38 bits per heavy atom. The molecule has 71 heavy (non-hydrogen) atoms. The van der Waals surface area contributed by atoms with Crippen molar-refractivity contribution < 1.29 is 64.6 Å². The molecule has 0 radical (unpaired) electrons. The van der Waals surface area contributed by atoms with E-state index in [0.29, 0.717) is 12.8 Å².